The van der Waals surface area contributed by atoms with E-state index in [2.05, 4.69) is 10.3 Å². The fourth-order valence-corrected chi connectivity index (χ4v) is 5.44. The summed E-state index contributed by atoms with van der Waals surface area (Å²) in [6.45, 7) is 2.34. The van der Waals surface area contributed by atoms with Crippen molar-refractivity contribution < 1.29 is 38.1 Å². The summed E-state index contributed by atoms with van der Waals surface area (Å²) in [6, 6.07) is 5.98. The highest BCUT2D eigenvalue weighted by molar-refractivity contribution is 8.45. The van der Waals surface area contributed by atoms with Crippen LogP contribution in [-0.4, -0.2) is 66.4 Å². The van der Waals surface area contributed by atoms with E-state index in [4.69, 9.17) is 4.74 Å². The molecule has 3 aromatic rings. The number of carbonyl (C=O) groups is 2. The summed E-state index contributed by atoms with van der Waals surface area (Å²) in [5.41, 5.74) is -1.24. The molecule has 2 amide bonds. The first-order chi connectivity index (χ1) is 19.8. The Morgan fingerprint density at radius 2 is 1.81 bits per heavy atom. The zero-order valence-corrected chi connectivity index (χ0v) is 24.3. The van der Waals surface area contributed by atoms with Gasteiger partial charge in [0.1, 0.15) is 16.5 Å². The fourth-order valence-electron chi connectivity index (χ4n) is 4.74. The summed E-state index contributed by atoms with van der Waals surface area (Å²) in [7, 11) is -6.70. The molecule has 0 radical (unpaired) electrons. The number of H-pyrrole nitrogens is 1. The summed E-state index contributed by atoms with van der Waals surface area (Å²) in [6.07, 6.45) is 1.22. The Morgan fingerprint density at radius 3 is 2.42 bits per heavy atom. The van der Waals surface area contributed by atoms with Gasteiger partial charge in [-0.2, -0.15) is 0 Å². The topological polar surface area (TPSA) is 94.7 Å². The molecule has 0 saturated carbocycles. The molecule has 0 spiro atoms. The van der Waals surface area contributed by atoms with Crippen molar-refractivity contribution in [3.05, 3.63) is 76.0 Å². The SMILES string of the molecule is CCOc1cc(=O)[nH]cc1-c1ccc(CC(=O)Nc2cc(C(=O)N3CCC(N(C)C)C3)cc(S(F)(F)(F)(F)F)c2)c(F)c1. The van der Waals surface area contributed by atoms with Crippen LogP contribution in [0.15, 0.2) is 58.4 Å². The van der Waals surface area contributed by atoms with Crippen molar-refractivity contribution in [1.29, 1.82) is 0 Å². The van der Waals surface area contributed by atoms with Gasteiger partial charge in [0, 0.05) is 48.2 Å². The molecule has 2 heterocycles. The molecule has 0 aliphatic carbocycles. The number of likely N-dealkylation sites (tertiary alicyclic amines) is 1. The van der Waals surface area contributed by atoms with E-state index in [9.17, 15) is 38.2 Å². The lowest BCUT2D eigenvalue weighted by Crippen LogP contribution is -2.34. The number of rotatable bonds is 9. The lowest BCUT2D eigenvalue weighted by molar-refractivity contribution is -0.115. The molecule has 1 unspecified atom stereocenters. The van der Waals surface area contributed by atoms with Crippen LogP contribution in [0.5, 0.6) is 5.75 Å². The number of aromatic nitrogens is 1. The van der Waals surface area contributed by atoms with Crippen molar-refractivity contribution in [3.63, 3.8) is 0 Å². The zero-order chi connectivity index (χ0) is 31.8. The number of benzene rings is 2. The van der Waals surface area contributed by atoms with Crippen LogP contribution >= 0.6 is 10.2 Å². The van der Waals surface area contributed by atoms with Gasteiger partial charge < -0.3 is 24.8 Å². The third kappa shape index (κ3) is 7.70. The predicted octanol–water partition coefficient (Wildman–Crippen LogP) is 6.19. The maximum absolute atomic E-state index is 15.0. The van der Waals surface area contributed by atoms with Gasteiger partial charge in [-0.3, -0.25) is 14.4 Å². The molecule has 1 aromatic heterocycles. The second kappa shape index (κ2) is 10.9. The van der Waals surface area contributed by atoms with Crippen LogP contribution in [0.4, 0.5) is 29.5 Å². The maximum Gasteiger partial charge on any atom is 0.310 e. The first-order valence-electron chi connectivity index (χ1n) is 13.1. The summed E-state index contributed by atoms with van der Waals surface area (Å²) in [4.78, 5) is 40.6. The lowest BCUT2D eigenvalue weighted by Gasteiger charge is -2.41. The summed E-state index contributed by atoms with van der Waals surface area (Å²) in [5.74, 6) is -2.53. The summed E-state index contributed by atoms with van der Waals surface area (Å²) < 4.78 is 89.5. The van der Waals surface area contributed by atoms with Gasteiger partial charge >= 0.3 is 10.2 Å². The molecule has 1 fully saturated rings. The molecule has 1 atom stereocenters. The minimum absolute atomic E-state index is 0.0573. The van der Waals surface area contributed by atoms with E-state index in [1.807, 2.05) is 4.90 Å². The average molecular weight is 633 g/mol. The Balaban J connectivity index is 1.59. The number of anilines is 1. The number of amides is 2. The molecule has 2 aromatic carbocycles. The van der Waals surface area contributed by atoms with Gasteiger partial charge in [-0.15, -0.1) is 0 Å². The molecule has 43 heavy (non-hydrogen) atoms. The third-order valence-electron chi connectivity index (χ3n) is 6.96. The number of pyridine rings is 1. The number of nitrogens with one attached hydrogen (secondary N) is 2. The van der Waals surface area contributed by atoms with E-state index in [-0.39, 0.29) is 49.2 Å². The van der Waals surface area contributed by atoms with Gasteiger partial charge in [0.25, 0.3) is 11.5 Å². The minimum atomic E-state index is -10.3. The normalized spacial score (nSPS) is 17.0. The van der Waals surface area contributed by atoms with E-state index in [1.165, 1.54) is 29.3 Å². The van der Waals surface area contributed by atoms with Gasteiger partial charge in [0.05, 0.1) is 13.0 Å². The number of carbonyl (C=O) groups excluding carboxylic acids is 2. The molecule has 8 nitrogen and oxygen atoms in total. The van der Waals surface area contributed by atoms with Crippen molar-refractivity contribution in [2.75, 3.05) is 39.1 Å². The molecule has 15 heteroatoms. The lowest BCUT2D eigenvalue weighted by atomic mass is 10.0. The van der Waals surface area contributed by atoms with E-state index in [1.54, 1.807) is 21.0 Å². The maximum atomic E-state index is 15.0. The summed E-state index contributed by atoms with van der Waals surface area (Å²) >= 11 is 0. The molecule has 1 aliphatic heterocycles. The van der Waals surface area contributed by atoms with E-state index in [0.29, 0.717) is 17.5 Å². The second-order valence-corrected chi connectivity index (χ2v) is 12.8. The average Bonchev–Trinajstić information content (AvgIpc) is 3.39. The molecule has 0 bridgehead atoms. The Bertz CT molecular complexity index is 1630. The van der Waals surface area contributed by atoms with E-state index >= 15 is 0 Å². The number of hydrogen-bond donors (Lipinski definition) is 2. The van der Waals surface area contributed by atoms with E-state index in [0.717, 1.165) is 12.1 Å². The molecular formula is C28H30F6N4O4S. The highest BCUT2D eigenvalue weighted by Gasteiger charge is 2.65. The van der Waals surface area contributed by atoms with Crippen LogP contribution in [0.3, 0.4) is 0 Å². The number of likely N-dealkylation sites (N-methyl/N-ethyl adjacent to an activating group) is 1. The van der Waals surface area contributed by atoms with Gasteiger partial charge in [-0.05, 0) is 62.8 Å². The number of ether oxygens (including phenoxy) is 1. The monoisotopic (exact) mass is 632 g/mol. The van der Waals surface area contributed by atoms with E-state index < -0.39 is 56.0 Å². The quantitative estimate of drug-likeness (QED) is 0.274. The van der Waals surface area contributed by atoms with Crippen LogP contribution in [-0.2, 0) is 11.2 Å². The third-order valence-corrected chi connectivity index (χ3v) is 8.09. The summed E-state index contributed by atoms with van der Waals surface area (Å²) in [5, 5.41) is 2.10. The molecule has 2 N–H and O–H groups in total. The van der Waals surface area contributed by atoms with Crippen LogP contribution < -0.4 is 15.6 Å². The van der Waals surface area contributed by atoms with Crippen molar-refractivity contribution in [2.45, 2.75) is 30.7 Å². The fraction of sp³-hybridized carbons (Fsp3) is 0.321. The number of aromatic amines is 1. The minimum Gasteiger partial charge on any atom is -0.493 e. The van der Waals surface area contributed by atoms with Gasteiger partial charge in [0.15, 0.2) is 0 Å². The van der Waals surface area contributed by atoms with Crippen LogP contribution in [0.1, 0.15) is 29.3 Å². The van der Waals surface area contributed by atoms with Crippen molar-refractivity contribution in [3.8, 4) is 16.9 Å². The predicted molar refractivity (Wildman–Crippen MR) is 152 cm³/mol. The smallest absolute Gasteiger partial charge is 0.310 e. The highest BCUT2D eigenvalue weighted by atomic mass is 32.5. The van der Waals surface area contributed by atoms with Crippen LogP contribution in [0.2, 0.25) is 0 Å². The zero-order valence-electron chi connectivity index (χ0n) is 23.4. The number of nitrogens with zero attached hydrogens (tertiary/aromatic N) is 2. The van der Waals surface area contributed by atoms with Crippen LogP contribution in [0.25, 0.3) is 11.1 Å². The Kier molecular flexibility index (Phi) is 8.13. The molecule has 4 rings (SSSR count). The molecular weight excluding hydrogens is 602 g/mol. The molecule has 1 saturated heterocycles. The first kappa shape index (κ1) is 31.9. The van der Waals surface area contributed by atoms with Crippen molar-refractivity contribution in [2.24, 2.45) is 0 Å². The molecule has 234 valence electrons. The van der Waals surface area contributed by atoms with Crippen LogP contribution in [0, 0.1) is 5.82 Å². The molecule has 1 aliphatic rings. The van der Waals surface area contributed by atoms with Gasteiger partial charge in [-0.1, -0.05) is 31.6 Å². The van der Waals surface area contributed by atoms with Crippen molar-refractivity contribution >= 4 is 27.7 Å². The Morgan fingerprint density at radius 1 is 1.09 bits per heavy atom. The van der Waals surface area contributed by atoms with Gasteiger partial charge in [0.2, 0.25) is 5.91 Å². The largest absolute Gasteiger partial charge is 0.493 e. The Hall–Kier alpha value is -3.98. The second-order valence-electron chi connectivity index (χ2n) is 10.4. The number of halogens is 6. The Labute approximate surface area is 243 Å². The van der Waals surface area contributed by atoms with Gasteiger partial charge in [-0.25, -0.2) is 4.39 Å². The highest BCUT2D eigenvalue weighted by Crippen LogP contribution is 3.02. The van der Waals surface area contributed by atoms with Crippen molar-refractivity contribution in [1.82, 2.24) is 14.8 Å². The number of hydrogen-bond acceptors (Lipinski definition) is 5. The first-order valence-corrected chi connectivity index (χ1v) is 15.1. The standard InChI is InChI=1S/C28H30F6N4O4S/c1-4-42-25-14-26(39)35-15-23(25)17-5-6-18(24(29)11-17)12-27(40)36-20-9-19(10-22(13-20)43(30,31,32,33)34)28(41)38-8-7-21(16-38)37(2)3/h5-6,9-11,13-15,21H,4,7-8,12,16H2,1-3H3,(H,35,39)(H,36,40).